The average molecular weight is 145 g/mol. The predicted molar refractivity (Wildman–Crippen MR) is 38.9 cm³/mol. The van der Waals surface area contributed by atoms with Gasteiger partial charge in [0.2, 0.25) is 0 Å². The molecule has 1 fully saturated rings. The molecule has 1 aliphatic rings. The van der Waals surface area contributed by atoms with Gasteiger partial charge in [0.05, 0.1) is 6.10 Å². The predicted octanol–water partition coefficient (Wildman–Crippen LogP) is -0.397. The van der Waals surface area contributed by atoms with Crippen molar-refractivity contribution in [2.75, 3.05) is 26.8 Å². The molecule has 2 N–H and O–H groups in total. The standard InChI is InChI=1S/C7H15NO2/c1-10-7-4-8-3-2-6(7)5-9/h6-9H,2-5H2,1H3. The maximum atomic E-state index is 8.88. The zero-order chi connectivity index (χ0) is 7.40. The second-order valence-corrected chi connectivity index (χ2v) is 2.71. The molecule has 3 heteroatoms. The molecular formula is C7H15NO2. The Kier molecular flexibility index (Phi) is 3.12. The largest absolute Gasteiger partial charge is 0.396 e. The zero-order valence-corrected chi connectivity index (χ0v) is 6.34. The van der Waals surface area contributed by atoms with Crippen LogP contribution in [0.15, 0.2) is 0 Å². The summed E-state index contributed by atoms with van der Waals surface area (Å²) in [5, 5.41) is 12.1. The number of ether oxygens (including phenoxy) is 1. The van der Waals surface area contributed by atoms with Crippen molar-refractivity contribution in [1.29, 1.82) is 0 Å². The number of aliphatic hydroxyl groups excluding tert-OH is 1. The number of piperidine rings is 1. The molecule has 0 aliphatic carbocycles. The molecule has 0 radical (unpaired) electrons. The highest BCUT2D eigenvalue weighted by molar-refractivity contribution is 4.77. The second kappa shape index (κ2) is 3.91. The number of aliphatic hydroxyl groups is 1. The molecule has 0 bridgehead atoms. The van der Waals surface area contributed by atoms with Gasteiger partial charge in [0.1, 0.15) is 0 Å². The molecule has 60 valence electrons. The van der Waals surface area contributed by atoms with E-state index in [1.165, 1.54) is 0 Å². The zero-order valence-electron chi connectivity index (χ0n) is 6.34. The SMILES string of the molecule is COC1CNCCC1CO. The second-order valence-electron chi connectivity index (χ2n) is 2.71. The summed E-state index contributed by atoms with van der Waals surface area (Å²) >= 11 is 0. The summed E-state index contributed by atoms with van der Waals surface area (Å²) in [6, 6.07) is 0. The minimum Gasteiger partial charge on any atom is -0.396 e. The van der Waals surface area contributed by atoms with Crippen molar-refractivity contribution in [2.45, 2.75) is 12.5 Å². The van der Waals surface area contributed by atoms with Crippen LogP contribution in [-0.4, -0.2) is 38.0 Å². The van der Waals surface area contributed by atoms with Crippen LogP contribution in [0, 0.1) is 5.92 Å². The summed E-state index contributed by atoms with van der Waals surface area (Å²) in [5.74, 6) is 0.339. The number of rotatable bonds is 2. The number of hydrogen-bond donors (Lipinski definition) is 2. The van der Waals surface area contributed by atoms with Crippen LogP contribution in [0.3, 0.4) is 0 Å². The minimum atomic E-state index is 0.207. The van der Waals surface area contributed by atoms with E-state index in [0.717, 1.165) is 19.5 Å². The van der Waals surface area contributed by atoms with Crippen LogP contribution in [0.2, 0.25) is 0 Å². The molecule has 1 saturated heterocycles. The Morgan fingerprint density at radius 3 is 3.00 bits per heavy atom. The first-order chi connectivity index (χ1) is 4.88. The Bertz CT molecular complexity index is 85.6. The molecule has 1 rings (SSSR count). The van der Waals surface area contributed by atoms with E-state index >= 15 is 0 Å². The van der Waals surface area contributed by atoms with Crippen molar-refractivity contribution in [1.82, 2.24) is 5.32 Å². The third-order valence-electron chi connectivity index (χ3n) is 2.10. The Morgan fingerprint density at radius 2 is 2.50 bits per heavy atom. The lowest BCUT2D eigenvalue weighted by molar-refractivity contribution is 0.00954. The van der Waals surface area contributed by atoms with Crippen molar-refractivity contribution in [3.63, 3.8) is 0 Å². The smallest absolute Gasteiger partial charge is 0.0746 e. The normalized spacial score (nSPS) is 34.2. The molecule has 0 aromatic heterocycles. The molecule has 3 nitrogen and oxygen atoms in total. The van der Waals surface area contributed by atoms with E-state index in [1.54, 1.807) is 7.11 Å². The Balaban J connectivity index is 2.34. The molecular weight excluding hydrogens is 130 g/mol. The minimum absolute atomic E-state index is 0.207. The van der Waals surface area contributed by atoms with Crippen LogP contribution in [0.25, 0.3) is 0 Å². The van der Waals surface area contributed by atoms with E-state index in [4.69, 9.17) is 9.84 Å². The van der Waals surface area contributed by atoms with Crippen LogP contribution >= 0.6 is 0 Å². The van der Waals surface area contributed by atoms with Crippen LogP contribution < -0.4 is 5.32 Å². The summed E-state index contributed by atoms with van der Waals surface area (Å²) < 4.78 is 5.17. The highest BCUT2D eigenvalue weighted by Crippen LogP contribution is 2.13. The molecule has 0 aromatic carbocycles. The van der Waals surface area contributed by atoms with Gasteiger partial charge in [-0.15, -0.1) is 0 Å². The summed E-state index contributed by atoms with van der Waals surface area (Å²) in [4.78, 5) is 0. The van der Waals surface area contributed by atoms with Crippen molar-refractivity contribution in [2.24, 2.45) is 5.92 Å². The molecule has 10 heavy (non-hydrogen) atoms. The first-order valence-corrected chi connectivity index (χ1v) is 3.73. The highest BCUT2D eigenvalue weighted by Gasteiger charge is 2.23. The Morgan fingerprint density at radius 1 is 1.70 bits per heavy atom. The fourth-order valence-electron chi connectivity index (χ4n) is 1.37. The van der Waals surface area contributed by atoms with Crippen molar-refractivity contribution < 1.29 is 9.84 Å². The molecule has 0 amide bonds. The van der Waals surface area contributed by atoms with E-state index in [-0.39, 0.29) is 12.7 Å². The fraction of sp³-hybridized carbons (Fsp3) is 1.00. The first kappa shape index (κ1) is 7.98. The van der Waals surface area contributed by atoms with Gasteiger partial charge < -0.3 is 15.2 Å². The van der Waals surface area contributed by atoms with E-state index < -0.39 is 0 Å². The lowest BCUT2D eigenvalue weighted by Gasteiger charge is -2.29. The lowest BCUT2D eigenvalue weighted by atomic mass is 9.96. The van der Waals surface area contributed by atoms with Gasteiger partial charge in [-0.2, -0.15) is 0 Å². The van der Waals surface area contributed by atoms with Crippen LogP contribution in [-0.2, 0) is 4.74 Å². The van der Waals surface area contributed by atoms with Crippen LogP contribution in [0.5, 0.6) is 0 Å². The molecule has 0 saturated carbocycles. The van der Waals surface area contributed by atoms with Gasteiger partial charge in [0.25, 0.3) is 0 Å². The lowest BCUT2D eigenvalue weighted by Crippen LogP contribution is -2.43. The summed E-state index contributed by atoms with van der Waals surface area (Å²) in [6.45, 7) is 2.13. The average Bonchev–Trinajstić information content (AvgIpc) is 2.04. The monoisotopic (exact) mass is 145 g/mol. The molecule has 2 atom stereocenters. The van der Waals surface area contributed by atoms with E-state index in [9.17, 15) is 0 Å². The summed E-state index contributed by atoms with van der Waals surface area (Å²) in [7, 11) is 1.69. The molecule has 1 aliphatic heterocycles. The molecule has 1 heterocycles. The van der Waals surface area contributed by atoms with Crippen LogP contribution in [0.4, 0.5) is 0 Å². The fourth-order valence-corrected chi connectivity index (χ4v) is 1.37. The van der Waals surface area contributed by atoms with Gasteiger partial charge in [0, 0.05) is 26.2 Å². The van der Waals surface area contributed by atoms with Gasteiger partial charge in [-0.25, -0.2) is 0 Å². The maximum Gasteiger partial charge on any atom is 0.0746 e. The maximum absolute atomic E-state index is 8.88. The number of methoxy groups -OCH3 is 1. The highest BCUT2D eigenvalue weighted by atomic mass is 16.5. The third-order valence-corrected chi connectivity index (χ3v) is 2.10. The number of hydrogen-bond acceptors (Lipinski definition) is 3. The van der Waals surface area contributed by atoms with E-state index in [2.05, 4.69) is 5.32 Å². The summed E-state index contributed by atoms with van der Waals surface area (Å²) in [6.07, 6.45) is 1.23. The van der Waals surface area contributed by atoms with Gasteiger partial charge in [0.15, 0.2) is 0 Å². The molecule has 2 unspecified atom stereocenters. The van der Waals surface area contributed by atoms with E-state index in [1.807, 2.05) is 0 Å². The van der Waals surface area contributed by atoms with Gasteiger partial charge in [-0.3, -0.25) is 0 Å². The quantitative estimate of drug-likeness (QED) is 0.555. The van der Waals surface area contributed by atoms with Crippen molar-refractivity contribution in [3.8, 4) is 0 Å². The molecule has 0 aromatic rings. The third kappa shape index (κ3) is 1.68. The van der Waals surface area contributed by atoms with Gasteiger partial charge >= 0.3 is 0 Å². The number of nitrogens with one attached hydrogen (secondary N) is 1. The van der Waals surface area contributed by atoms with Gasteiger partial charge in [-0.05, 0) is 13.0 Å². The van der Waals surface area contributed by atoms with Gasteiger partial charge in [-0.1, -0.05) is 0 Å². The van der Waals surface area contributed by atoms with Crippen molar-refractivity contribution >= 4 is 0 Å². The summed E-state index contributed by atoms with van der Waals surface area (Å²) in [5.41, 5.74) is 0. The van der Waals surface area contributed by atoms with Crippen molar-refractivity contribution in [3.05, 3.63) is 0 Å². The Hall–Kier alpha value is -0.120. The Labute approximate surface area is 61.4 Å². The molecule has 0 spiro atoms. The first-order valence-electron chi connectivity index (χ1n) is 3.73. The topological polar surface area (TPSA) is 41.5 Å². The van der Waals surface area contributed by atoms with E-state index in [0.29, 0.717) is 5.92 Å². The van der Waals surface area contributed by atoms with Crippen LogP contribution in [0.1, 0.15) is 6.42 Å².